The molecule has 1 saturated heterocycles. The minimum Gasteiger partial charge on any atom is -0.369 e. The number of carbonyl (C=O) groups excluding carboxylic acids is 1. The zero-order chi connectivity index (χ0) is 26.0. The summed E-state index contributed by atoms with van der Waals surface area (Å²) in [4.78, 5) is 23.3. The number of hydrogen-bond donors (Lipinski definition) is 2. The standard InChI is InChI=1S/C25H32F4N6O/c1-15-10-20(25(27,28)29)16(2)9-18(15)12-35(19-3-4-19)24-22(26)23(32-14-33-24)31-11-17-5-7-34(8-6-17)13-21(30)36/h9-10,14,17,19H,3-8,11-13H2,1-2H3,(H2,30,36)(H,31,32,33). The highest BCUT2D eigenvalue weighted by atomic mass is 19.4. The van der Waals surface area contributed by atoms with Crippen molar-refractivity contribution >= 4 is 17.5 Å². The molecule has 0 atom stereocenters. The Morgan fingerprint density at radius 1 is 1.14 bits per heavy atom. The largest absolute Gasteiger partial charge is 0.416 e. The van der Waals surface area contributed by atoms with Gasteiger partial charge in [0.2, 0.25) is 11.7 Å². The van der Waals surface area contributed by atoms with Gasteiger partial charge in [0.25, 0.3) is 0 Å². The molecule has 1 aliphatic heterocycles. The predicted molar refractivity (Wildman–Crippen MR) is 129 cm³/mol. The van der Waals surface area contributed by atoms with E-state index in [1.807, 2.05) is 9.80 Å². The van der Waals surface area contributed by atoms with Crippen molar-refractivity contribution in [1.29, 1.82) is 0 Å². The first-order valence-corrected chi connectivity index (χ1v) is 12.2. The molecule has 0 radical (unpaired) electrons. The number of anilines is 2. The highest BCUT2D eigenvalue weighted by molar-refractivity contribution is 5.75. The van der Waals surface area contributed by atoms with Crippen molar-refractivity contribution in [1.82, 2.24) is 14.9 Å². The van der Waals surface area contributed by atoms with Crippen LogP contribution >= 0.6 is 0 Å². The van der Waals surface area contributed by atoms with Crippen LogP contribution in [0.4, 0.5) is 29.2 Å². The zero-order valence-corrected chi connectivity index (χ0v) is 20.5. The molecule has 1 amide bonds. The number of primary amides is 1. The maximum Gasteiger partial charge on any atom is 0.416 e. The molecule has 36 heavy (non-hydrogen) atoms. The van der Waals surface area contributed by atoms with Crippen molar-refractivity contribution in [2.24, 2.45) is 11.7 Å². The second kappa shape index (κ2) is 10.6. The number of carbonyl (C=O) groups is 1. The molecule has 1 saturated carbocycles. The van der Waals surface area contributed by atoms with Crippen LogP contribution in [0.3, 0.4) is 0 Å². The summed E-state index contributed by atoms with van der Waals surface area (Å²) in [6, 6.07) is 2.78. The van der Waals surface area contributed by atoms with Crippen LogP contribution in [-0.4, -0.2) is 53.0 Å². The number of aryl methyl sites for hydroxylation is 2. The molecular weight excluding hydrogens is 476 g/mol. The second-order valence-electron chi connectivity index (χ2n) is 9.88. The van der Waals surface area contributed by atoms with E-state index in [-0.39, 0.29) is 42.2 Å². The van der Waals surface area contributed by atoms with Crippen LogP contribution < -0.4 is 16.0 Å². The Hall–Kier alpha value is -2.95. The number of likely N-dealkylation sites (tertiary alicyclic amines) is 1. The quantitative estimate of drug-likeness (QED) is 0.498. The molecule has 4 rings (SSSR count). The third kappa shape index (κ3) is 6.24. The fourth-order valence-corrected chi connectivity index (χ4v) is 4.79. The number of alkyl halides is 3. The number of nitrogens with one attached hydrogen (secondary N) is 1. The van der Waals surface area contributed by atoms with Crippen LogP contribution in [-0.2, 0) is 17.5 Å². The number of nitrogens with zero attached hydrogens (tertiary/aromatic N) is 4. The minimum atomic E-state index is -4.42. The number of amides is 1. The Morgan fingerprint density at radius 3 is 2.44 bits per heavy atom. The third-order valence-corrected chi connectivity index (χ3v) is 7.00. The number of nitrogens with two attached hydrogens (primary N) is 1. The topological polar surface area (TPSA) is 87.4 Å². The lowest BCUT2D eigenvalue weighted by Gasteiger charge is -2.31. The number of piperidine rings is 1. The molecule has 7 nitrogen and oxygen atoms in total. The monoisotopic (exact) mass is 508 g/mol. The van der Waals surface area contributed by atoms with Gasteiger partial charge in [0.1, 0.15) is 6.33 Å². The molecule has 196 valence electrons. The van der Waals surface area contributed by atoms with Gasteiger partial charge in [-0.25, -0.2) is 9.97 Å². The summed E-state index contributed by atoms with van der Waals surface area (Å²) in [7, 11) is 0. The van der Waals surface area contributed by atoms with Crippen LogP contribution in [0.15, 0.2) is 18.5 Å². The number of benzene rings is 1. The highest BCUT2D eigenvalue weighted by Crippen LogP contribution is 2.37. The van der Waals surface area contributed by atoms with E-state index in [1.54, 1.807) is 6.92 Å². The van der Waals surface area contributed by atoms with Crippen LogP contribution in [0.25, 0.3) is 0 Å². The molecule has 11 heteroatoms. The summed E-state index contributed by atoms with van der Waals surface area (Å²) < 4.78 is 55.4. The number of rotatable bonds is 9. The van der Waals surface area contributed by atoms with Gasteiger partial charge in [0.05, 0.1) is 12.1 Å². The number of aromatic nitrogens is 2. The Morgan fingerprint density at radius 2 is 1.83 bits per heavy atom. The average molecular weight is 509 g/mol. The summed E-state index contributed by atoms with van der Waals surface area (Å²) in [6.07, 6.45) is 0.364. The number of hydrogen-bond acceptors (Lipinski definition) is 6. The normalized spacial score (nSPS) is 17.3. The van der Waals surface area contributed by atoms with Crippen LogP contribution in [0, 0.1) is 25.6 Å². The maximum atomic E-state index is 15.5. The lowest BCUT2D eigenvalue weighted by molar-refractivity contribution is -0.138. The van der Waals surface area contributed by atoms with Crippen molar-refractivity contribution in [3.63, 3.8) is 0 Å². The van der Waals surface area contributed by atoms with Crippen molar-refractivity contribution in [2.45, 2.75) is 58.3 Å². The van der Waals surface area contributed by atoms with Gasteiger partial charge >= 0.3 is 6.18 Å². The van der Waals surface area contributed by atoms with Gasteiger partial charge < -0.3 is 16.0 Å². The Labute approximate surface area is 208 Å². The molecule has 2 heterocycles. The molecule has 0 spiro atoms. The van der Waals surface area contributed by atoms with E-state index in [4.69, 9.17) is 5.73 Å². The zero-order valence-electron chi connectivity index (χ0n) is 20.5. The Balaban J connectivity index is 1.46. The summed E-state index contributed by atoms with van der Waals surface area (Å²) in [5.74, 6) is -0.320. The van der Waals surface area contributed by atoms with E-state index in [0.29, 0.717) is 23.6 Å². The molecule has 0 unspecified atom stereocenters. The smallest absolute Gasteiger partial charge is 0.369 e. The van der Waals surface area contributed by atoms with Gasteiger partial charge in [0.15, 0.2) is 11.6 Å². The molecule has 1 aromatic carbocycles. The first kappa shape index (κ1) is 26.1. The summed E-state index contributed by atoms with van der Waals surface area (Å²) >= 11 is 0. The van der Waals surface area contributed by atoms with Gasteiger partial charge in [-0.1, -0.05) is 6.07 Å². The first-order valence-electron chi connectivity index (χ1n) is 12.2. The van der Waals surface area contributed by atoms with E-state index in [1.165, 1.54) is 19.3 Å². The molecule has 2 fully saturated rings. The van der Waals surface area contributed by atoms with Crippen molar-refractivity contribution in [3.05, 3.63) is 46.5 Å². The molecular formula is C25H32F4N6O. The van der Waals surface area contributed by atoms with Gasteiger partial charge in [0, 0.05) is 19.1 Å². The van der Waals surface area contributed by atoms with Crippen molar-refractivity contribution in [2.75, 3.05) is 36.4 Å². The molecule has 1 aromatic heterocycles. The fourth-order valence-electron chi connectivity index (χ4n) is 4.79. The molecule has 2 aromatic rings. The Bertz CT molecular complexity index is 1100. The highest BCUT2D eigenvalue weighted by Gasteiger charge is 2.35. The average Bonchev–Trinajstić information content (AvgIpc) is 3.64. The van der Waals surface area contributed by atoms with Crippen molar-refractivity contribution in [3.8, 4) is 0 Å². The summed E-state index contributed by atoms with van der Waals surface area (Å²) in [6.45, 7) is 5.66. The van der Waals surface area contributed by atoms with Gasteiger partial charge in [-0.05, 0) is 81.3 Å². The van der Waals surface area contributed by atoms with Gasteiger partial charge in [-0.15, -0.1) is 0 Å². The van der Waals surface area contributed by atoms with Gasteiger partial charge in [-0.2, -0.15) is 17.6 Å². The van der Waals surface area contributed by atoms with Crippen LogP contribution in [0.5, 0.6) is 0 Å². The molecule has 3 N–H and O–H groups in total. The fraction of sp³-hybridized carbons (Fsp3) is 0.560. The third-order valence-electron chi connectivity index (χ3n) is 7.00. The molecule has 0 bridgehead atoms. The van der Waals surface area contributed by atoms with E-state index in [2.05, 4.69) is 15.3 Å². The van der Waals surface area contributed by atoms with Gasteiger partial charge in [-0.3, -0.25) is 9.69 Å². The lowest BCUT2D eigenvalue weighted by atomic mass is 9.97. The van der Waals surface area contributed by atoms with E-state index in [9.17, 15) is 18.0 Å². The SMILES string of the molecule is Cc1cc(C(F)(F)F)c(C)cc1CN(c1ncnc(NCC2CCN(CC(N)=O)CC2)c1F)C1CC1. The number of halogens is 4. The first-order chi connectivity index (χ1) is 17.0. The van der Waals surface area contributed by atoms with Crippen molar-refractivity contribution < 1.29 is 22.4 Å². The van der Waals surface area contributed by atoms with Crippen LogP contribution in [0.1, 0.15) is 47.9 Å². The maximum absolute atomic E-state index is 15.5. The van der Waals surface area contributed by atoms with Crippen LogP contribution in [0.2, 0.25) is 0 Å². The Kier molecular flexibility index (Phi) is 7.67. The van der Waals surface area contributed by atoms with E-state index >= 15 is 4.39 Å². The van der Waals surface area contributed by atoms with E-state index in [0.717, 1.165) is 44.8 Å². The summed E-state index contributed by atoms with van der Waals surface area (Å²) in [5.41, 5.74) is 5.98. The van der Waals surface area contributed by atoms with E-state index < -0.39 is 17.6 Å². The minimum absolute atomic E-state index is 0.0823. The predicted octanol–water partition coefficient (Wildman–Crippen LogP) is 4.03. The summed E-state index contributed by atoms with van der Waals surface area (Å²) in [5, 5.41) is 3.11. The lowest BCUT2D eigenvalue weighted by Crippen LogP contribution is -2.40. The molecule has 2 aliphatic rings. The molecule has 1 aliphatic carbocycles. The second-order valence-corrected chi connectivity index (χ2v) is 9.88.